The zero-order valence-electron chi connectivity index (χ0n) is 30.4. The highest BCUT2D eigenvalue weighted by molar-refractivity contribution is 5.87. The molecule has 1 aromatic heterocycles. The van der Waals surface area contributed by atoms with Crippen LogP contribution in [0.25, 0.3) is 10.9 Å². The Kier molecular flexibility index (Phi) is 6.92. The maximum atomic E-state index is 13.7. The standard InChI is InChI=1S/C48H46N2O3/c1-2-27-50-39-21-13-12-20-37(39)38-30-47(51)41-29-33-24-25-40(44-42(33)46(47,45(52-44)43(38)50)26-28-49(41)31-32-22-23-32)53-48(34-14-6-3-7-15-34,35-16-8-4-9-17-35)36-18-10-5-11-19-36/h3-21,24-25,32,41,45,51H,2,22-23,26-31H2,1H3/t41-,45+,46+,47-/m1/s1. The Morgan fingerprint density at radius 2 is 1.45 bits per heavy atom. The summed E-state index contributed by atoms with van der Waals surface area (Å²) in [5.41, 5.74) is 6.88. The van der Waals surface area contributed by atoms with Crippen molar-refractivity contribution in [3.63, 3.8) is 0 Å². The number of aryl methyl sites for hydroxylation is 1. The van der Waals surface area contributed by atoms with Crippen LogP contribution in [0.2, 0.25) is 0 Å². The molecule has 2 aliphatic heterocycles. The van der Waals surface area contributed by atoms with E-state index in [1.807, 2.05) is 0 Å². The number of rotatable bonds is 9. The van der Waals surface area contributed by atoms with Gasteiger partial charge in [0.2, 0.25) is 0 Å². The fraction of sp³-hybridized carbons (Fsp3) is 0.333. The van der Waals surface area contributed by atoms with Crippen LogP contribution in [0.4, 0.5) is 0 Å². The van der Waals surface area contributed by atoms with E-state index in [4.69, 9.17) is 9.47 Å². The summed E-state index contributed by atoms with van der Waals surface area (Å²) in [4.78, 5) is 2.66. The van der Waals surface area contributed by atoms with Gasteiger partial charge < -0.3 is 19.1 Å². The molecule has 2 bridgehead atoms. The van der Waals surface area contributed by atoms with Crippen LogP contribution in [0.3, 0.4) is 0 Å². The predicted molar refractivity (Wildman–Crippen MR) is 209 cm³/mol. The van der Waals surface area contributed by atoms with Gasteiger partial charge in [0.05, 0.1) is 16.7 Å². The van der Waals surface area contributed by atoms with Crippen molar-refractivity contribution in [3.8, 4) is 11.5 Å². The molecule has 6 aromatic rings. The first-order valence-corrected chi connectivity index (χ1v) is 19.8. The average Bonchev–Trinajstić information content (AvgIpc) is 3.88. The number of piperidine rings is 1. The summed E-state index contributed by atoms with van der Waals surface area (Å²) in [6.45, 7) is 5.22. The van der Waals surface area contributed by atoms with E-state index in [-0.39, 0.29) is 12.1 Å². The minimum Gasteiger partial charge on any atom is -0.479 e. The van der Waals surface area contributed by atoms with E-state index in [9.17, 15) is 5.11 Å². The van der Waals surface area contributed by atoms with E-state index in [0.717, 1.165) is 73.0 Å². The fourth-order valence-electron chi connectivity index (χ4n) is 11.2. The van der Waals surface area contributed by atoms with Crippen molar-refractivity contribution in [2.75, 3.05) is 13.1 Å². The molecule has 266 valence electrons. The summed E-state index contributed by atoms with van der Waals surface area (Å²) in [7, 11) is 0. The van der Waals surface area contributed by atoms with Gasteiger partial charge in [0.15, 0.2) is 23.2 Å². The molecule has 1 saturated carbocycles. The average molecular weight is 699 g/mol. The molecule has 5 nitrogen and oxygen atoms in total. The highest BCUT2D eigenvalue weighted by Crippen LogP contribution is 2.70. The molecule has 0 radical (unpaired) electrons. The third kappa shape index (κ3) is 4.27. The molecule has 0 amide bonds. The minimum absolute atomic E-state index is 0.0339. The second-order valence-electron chi connectivity index (χ2n) is 16.3. The summed E-state index contributed by atoms with van der Waals surface area (Å²) in [5.74, 6) is 2.29. The monoisotopic (exact) mass is 698 g/mol. The zero-order valence-corrected chi connectivity index (χ0v) is 30.4. The Balaban J connectivity index is 1.16. The van der Waals surface area contributed by atoms with Gasteiger partial charge in [-0.3, -0.25) is 4.90 Å². The molecule has 4 atom stereocenters. The molecule has 1 N–H and O–H groups in total. The molecule has 5 aromatic carbocycles. The van der Waals surface area contributed by atoms with Gasteiger partial charge in [-0.05, 0) is 67.8 Å². The Morgan fingerprint density at radius 3 is 2.09 bits per heavy atom. The van der Waals surface area contributed by atoms with Gasteiger partial charge in [-0.1, -0.05) is 122 Å². The molecule has 5 heteroatoms. The van der Waals surface area contributed by atoms with Crippen molar-refractivity contribution in [1.29, 1.82) is 0 Å². The van der Waals surface area contributed by atoms with E-state index in [1.165, 1.54) is 46.1 Å². The molecular formula is C48H46N2O3. The van der Waals surface area contributed by atoms with Crippen molar-refractivity contribution in [3.05, 3.63) is 166 Å². The van der Waals surface area contributed by atoms with Crippen LogP contribution in [0.15, 0.2) is 127 Å². The predicted octanol–water partition coefficient (Wildman–Crippen LogP) is 9.12. The fourth-order valence-corrected chi connectivity index (χ4v) is 11.2. The van der Waals surface area contributed by atoms with Gasteiger partial charge in [-0.25, -0.2) is 0 Å². The summed E-state index contributed by atoms with van der Waals surface area (Å²) in [6, 6.07) is 45.1. The molecule has 3 heterocycles. The first-order valence-electron chi connectivity index (χ1n) is 19.8. The molecule has 2 fully saturated rings. The Hall–Kier alpha value is -4.84. The first kappa shape index (κ1) is 31.7. The van der Waals surface area contributed by atoms with E-state index in [0.29, 0.717) is 6.42 Å². The van der Waals surface area contributed by atoms with Crippen molar-refractivity contribution < 1.29 is 14.6 Å². The third-order valence-corrected chi connectivity index (χ3v) is 13.6. The lowest BCUT2D eigenvalue weighted by Crippen LogP contribution is -2.74. The number of ether oxygens (including phenoxy) is 2. The molecule has 5 aliphatic rings. The lowest BCUT2D eigenvalue weighted by atomic mass is 9.49. The number of hydrogen-bond acceptors (Lipinski definition) is 4. The highest BCUT2D eigenvalue weighted by atomic mass is 16.5. The molecule has 1 saturated heterocycles. The topological polar surface area (TPSA) is 46.9 Å². The van der Waals surface area contributed by atoms with Gasteiger partial charge in [0.25, 0.3) is 0 Å². The van der Waals surface area contributed by atoms with Crippen LogP contribution in [-0.4, -0.2) is 39.3 Å². The van der Waals surface area contributed by atoms with Crippen LogP contribution in [0.1, 0.15) is 77.8 Å². The van der Waals surface area contributed by atoms with Crippen LogP contribution in [0.5, 0.6) is 11.5 Å². The van der Waals surface area contributed by atoms with E-state index < -0.39 is 16.6 Å². The summed E-state index contributed by atoms with van der Waals surface area (Å²) in [5, 5.41) is 15.0. The molecule has 3 aliphatic carbocycles. The summed E-state index contributed by atoms with van der Waals surface area (Å²) in [6.07, 6.45) is 5.62. The number of fused-ring (bicyclic) bond motifs is 4. The van der Waals surface area contributed by atoms with Crippen molar-refractivity contribution in [1.82, 2.24) is 9.47 Å². The first-order chi connectivity index (χ1) is 26.1. The highest BCUT2D eigenvalue weighted by Gasteiger charge is 2.73. The summed E-state index contributed by atoms with van der Waals surface area (Å²) >= 11 is 0. The number of para-hydroxylation sites is 1. The largest absolute Gasteiger partial charge is 0.479 e. The molecule has 53 heavy (non-hydrogen) atoms. The SMILES string of the molecule is CCCn1c2c(c3ccccc31)C[C@@]1(O)[C@H]3Cc4ccc(OC(c5ccccc5)(c5ccccc5)c5ccccc5)c5c4[C@@]1(CCN3CC1CC1)[C@H]2O5. The molecule has 0 unspecified atom stereocenters. The van der Waals surface area contributed by atoms with Gasteiger partial charge in [-0.2, -0.15) is 0 Å². The van der Waals surface area contributed by atoms with Crippen molar-refractivity contribution in [2.24, 2.45) is 5.92 Å². The number of nitrogens with zero attached hydrogens (tertiary/aromatic N) is 2. The molecule has 1 spiro atoms. The number of benzene rings is 5. The number of aromatic nitrogens is 1. The van der Waals surface area contributed by atoms with Crippen LogP contribution in [0, 0.1) is 5.92 Å². The van der Waals surface area contributed by atoms with Crippen molar-refractivity contribution >= 4 is 10.9 Å². The normalized spacial score (nSPS) is 25.5. The Bertz CT molecular complexity index is 2250. The molecule has 11 rings (SSSR count). The lowest BCUT2D eigenvalue weighted by molar-refractivity contribution is -0.173. The van der Waals surface area contributed by atoms with Gasteiger partial charge in [-0.15, -0.1) is 0 Å². The van der Waals surface area contributed by atoms with Gasteiger partial charge in [0, 0.05) is 58.7 Å². The maximum Gasteiger partial charge on any atom is 0.184 e. The second-order valence-corrected chi connectivity index (χ2v) is 16.3. The van der Waals surface area contributed by atoms with Gasteiger partial charge >= 0.3 is 0 Å². The van der Waals surface area contributed by atoms with Gasteiger partial charge in [0.1, 0.15) is 0 Å². The maximum absolute atomic E-state index is 13.7. The van der Waals surface area contributed by atoms with Crippen LogP contribution >= 0.6 is 0 Å². The van der Waals surface area contributed by atoms with Crippen LogP contribution in [-0.2, 0) is 30.4 Å². The van der Waals surface area contributed by atoms with Crippen LogP contribution < -0.4 is 9.47 Å². The Morgan fingerprint density at radius 1 is 0.811 bits per heavy atom. The number of hydrogen-bond donors (Lipinski definition) is 1. The van der Waals surface area contributed by atoms with E-state index >= 15 is 0 Å². The van der Waals surface area contributed by atoms with E-state index in [2.05, 4.69) is 144 Å². The third-order valence-electron chi connectivity index (χ3n) is 13.6. The lowest BCUT2D eigenvalue weighted by Gasteiger charge is -2.63. The number of aliphatic hydroxyl groups is 1. The Labute approximate surface area is 311 Å². The molecular weight excluding hydrogens is 653 g/mol. The second kappa shape index (κ2) is 11.6. The quantitative estimate of drug-likeness (QED) is 0.153. The number of likely N-dealkylation sites (tertiary alicyclic amines) is 1. The smallest absolute Gasteiger partial charge is 0.184 e. The summed E-state index contributed by atoms with van der Waals surface area (Å²) < 4.78 is 17.8. The van der Waals surface area contributed by atoms with E-state index in [1.54, 1.807) is 0 Å². The van der Waals surface area contributed by atoms with Crippen molar-refractivity contribution in [2.45, 2.75) is 80.8 Å². The zero-order chi connectivity index (χ0) is 35.4. The minimum atomic E-state index is -0.981.